The molecule has 6 nitrogen and oxygen atoms in total. The summed E-state index contributed by atoms with van der Waals surface area (Å²) in [5, 5.41) is 0. The van der Waals surface area contributed by atoms with E-state index in [1.165, 1.54) is 14.0 Å². The van der Waals surface area contributed by atoms with E-state index >= 15 is 0 Å². The highest BCUT2D eigenvalue weighted by Crippen LogP contribution is 2.62. The van der Waals surface area contributed by atoms with Gasteiger partial charge in [0, 0.05) is 12.5 Å². The van der Waals surface area contributed by atoms with Crippen molar-refractivity contribution >= 4 is 18.2 Å². The first-order valence-corrected chi connectivity index (χ1v) is 11.0. The maximum absolute atomic E-state index is 12.8. The van der Waals surface area contributed by atoms with Crippen molar-refractivity contribution < 1.29 is 28.3 Å². The number of carbonyl (C=O) groups is 3. The first-order valence-electron chi connectivity index (χ1n) is 11.0. The fraction of sp³-hybridized carbons (Fsp3) is 0.708. The second-order valence-corrected chi connectivity index (χ2v) is 9.53. The van der Waals surface area contributed by atoms with Gasteiger partial charge in [0.2, 0.25) is 0 Å². The number of rotatable bonds is 7. The average molecular weight is 419 g/mol. The molecule has 2 saturated carbocycles. The van der Waals surface area contributed by atoms with Crippen molar-refractivity contribution in [3.8, 4) is 0 Å². The number of hydrogen-bond donors (Lipinski definition) is 0. The number of ether oxygens (including phenoxy) is 2. The summed E-state index contributed by atoms with van der Waals surface area (Å²) < 4.78 is 15.9. The molecule has 0 unspecified atom stereocenters. The van der Waals surface area contributed by atoms with Gasteiger partial charge in [-0.25, -0.2) is 0 Å². The third kappa shape index (κ3) is 4.06. The third-order valence-corrected chi connectivity index (χ3v) is 7.98. The average Bonchev–Trinajstić information content (AvgIpc) is 3.17. The van der Waals surface area contributed by atoms with Gasteiger partial charge in [-0.15, -0.1) is 0 Å². The smallest absolute Gasteiger partial charge is 0.311 e. The van der Waals surface area contributed by atoms with Crippen LogP contribution in [0.25, 0.3) is 0 Å². The second kappa shape index (κ2) is 8.94. The summed E-state index contributed by atoms with van der Waals surface area (Å²) in [6, 6.07) is 1.85. The lowest BCUT2D eigenvalue weighted by atomic mass is 9.45. The third-order valence-electron chi connectivity index (χ3n) is 7.98. The van der Waals surface area contributed by atoms with E-state index in [-0.39, 0.29) is 35.1 Å². The van der Waals surface area contributed by atoms with E-state index in [0.29, 0.717) is 12.4 Å². The molecule has 0 saturated heterocycles. The van der Waals surface area contributed by atoms with Crippen LogP contribution < -0.4 is 0 Å². The van der Waals surface area contributed by atoms with Crippen LogP contribution in [0.15, 0.2) is 16.7 Å². The lowest BCUT2D eigenvalue weighted by Gasteiger charge is -2.59. The Labute approximate surface area is 178 Å². The van der Waals surface area contributed by atoms with E-state index in [1.54, 1.807) is 6.26 Å². The van der Waals surface area contributed by atoms with Gasteiger partial charge in [0.1, 0.15) is 0 Å². The van der Waals surface area contributed by atoms with Crippen LogP contribution in [0.5, 0.6) is 0 Å². The Morgan fingerprint density at radius 3 is 2.70 bits per heavy atom. The first kappa shape index (κ1) is 22.6. The van der Waals surface area contributed by atoms with Crippen LogP contribution in [0, 0.1) is 28.6 Å². The van der Waals surface area contributed by atoms with Gasteiger partial charge in [-0.05, 0) is 74.7 Å². The normalized spacial score (nSPS) is 33.4. The Morgan fingerprint density at radius 2 is 2.03 bits per heavy atom. The fourth-order valence-electron chi connectivity index (χ4n) is 6.56. The predicted molar refractivity (Wildman–Crippen MR) is 111 cm³/mol. The van der Waals surface area contributed by atoms with Gasteiger partial charge in [-0.2, -0.15) is 0 Å². The van der Waals surface area contributed by atoms with Gasteiger partial charge in [-0.3, -0.25) is 14.4 Å². The van der Waals surface area contributed by atoms with Crippen LogP contribution in [0.2, 0.25) is 0 Å². The zero-order valence-corrected chi connectivity index (χ0v) is 18.6. The molecule has 0 radical (unpaired) electrons. The largest absolute Gasteiger partial charge is 0.469 e. The van der Waals surface area contributed by atoms with Crippen molar-refractivity contribution in [2.75, 3.05) is 13.7 Å². The second-order valence-electron chi connectivity index (χ2n) is 9.53. The van der Waals surface area contributed by atoms with E-state index < -0.39 is 5.41 Å². The summed E-state index contributed by atoms with van der Waals surface area (Å²) in [5.41, 5.74) is 0.360. The van der Waals surface area contributed by atoms with Gasteiger partial charge in [0.15, 0.2) is 12.0 Å². The zero-order chi connectivity index (χ0) is 21.9. The molecule has 5 atom stereocenters. The minimum atomic E-state index is -0.490. The topological polar surface area (TPSA) is 82.8 Å². The number of esters is 2. The zero-order valence-electron chi connectivity index (χ0n) is 18.6. The highest BCUT2D eigenvalue weighted by molar-refractivity contribution is 5.77. The summed E-state index contributed by atoms with van der Waals surface area (Å²) in [6.45, 7) is 6.21. The number of hydrogen-bond acceptors (Lipinski definition) is 6. The lowest BCUT2D eigenvalue weighted by Crippen LogP contribution is -2.55. The molecule has 6 heteroatoms. The van der Waals surface area contributed by atoms with Crippen molar-refractivity contribution in [1.82, 2.24) is 0 Å². The molecule has 30 heavy (non-hydrogen) atoms. The van der Waals surface area contributed by atoms with Crippen molar-refractivity contribution in [3.05, 3.63) is 23.7 Å². The van der Waals surface area contributed by atoms with E-state index in [4.69, 9.17) is 13.9 Å². The molecule has 0 aromatic carbocycles. The Balaban J connectivity index is 1.90. The summed E-state index contributed by atoms with van der Waals surface area (Å²) in [5.74, 6) is 0.735. The van der Waals surface area contributed by atoms with Gasteiger partial charge in [0.25, 0.3) is 0 Å². The molecular formula is C24H34O6. The molecule has 1 aromatic heterocycles. The number of aldehydes is 1. The Kier molecular flexibility index (Phi) is 6.73. The van der Waals surface area contributed by atoms with Crippen LogP contribution in [0.3, 0.4) is 0 Å². The van der Waals surface area contributed by atoms with Crippen LogP contribution in [0.1, 0.15) is 75.4 Å². The molecule has 0 spiro atoms. The van der Waals surface area contributed by atoms with Crippen LogP contribution in [-0.2, 0) is 25.5 Å². The molecule has 2 aliphatic carbocycles. The lowest BCUT2D eigenvalue weighted by molar-refractivity contribution is -0.176. The monoisotopic (exact) mass is 418 g/mol. The number of methoxy groups -OCH3 is 1. The molecule has 0 aliphatic heterocycles. The number of fused-ring (bicyclic) bond motifs is 1. The van der Waals surface area contributed by atoms with Gasteiger partial charge in [-0.1, -0.05) is 13.3 Å². The molecule has 2 fully saturated rings. The maximum atomic E-state index is 12.8. The molecule has 0 amide bonds. The standard InChI is InChI=1S/C24H34O6/c1-16(26)30-15-18-7-9-21-23(2,11-5-12-24(21,3)22(27)28-4)19(18)8-6-17-10-13-29-20(17)14-25/h10,13-14,18-19,21H,5-9,11-12,15H2,1-4H3/t18-,19+,21+,23-,24+/m1/s1. The highest BCUT2D eigenvalue weighted by atomic mass is 16.5. The van der Waals surface area contributed by atoms with Crippen LogP contribution >= 0.6 is 0 Å². The minimum Gasteiger partial charge on any atom is -0.469 e. The minimum absolute atomic E-state index is 0.0602. The summed E-state index contributed by atoms with van der Waals surface area (Å²) >= 11 is 0. The summed E-state index contributed by atoms with van der Waals surface area (Å²) in [6.07, 6.45) is 8.59. The van der Waals surface area contributed by atoms with Crippen molar-refractivity contribution in [2.45, 2.75) is 65.7 Å². The van der Waals surface area contributed by atoms with Gasteiger partial charge in [0.05, 0.1) is 25.4 Å². The molecule has 0 bridgehead atoms. The molecule has 2 aliphatic rings. The molecule has 166 valence electrons. The van der Waals surface area contributed by atoms with Crippen molar-refractivity contribution in [1.29, 1.82) is 0 Å². The van der Waals surface area contributed by atoms with Gasteiger partial charge < -0.3 is 13.9 Å². The van der Waals surface area contributed by atoms with Crippen LogP contribution in [0.4, 0.5) is 0 Å². The first-order chi connectivity index (χ1) is 14.3. The van der Waals surface area contributed by atoms with Crippen molar-refractivity contribution in [2.24, 2.45) is 28.6 Å². The van der Waals surface area contributed by atoms with Gasteiger partial charge >= 0.3 is 11.9 Å². The van der Waals surface area contributed by atoms with E-state index in [2.05, 4.69) is 13.8 Å². The van der Waals surface area contributed by atoms with E-state index in [9.17, 15) is 14.4 Å². The Bertz CT molecular complexity index is 782. The Hall–Kier alpha value is -2.11. The molecule has 3 rings (SSSR count). The summed E-state index contributed by atoms with van der Waals surface area (Å²) in [4.78, 5) is 35.5. The maximum Gasteiger partial charge on any atom is 0.311 e. The SMILES string of the molecule is COC(=O)[C@@]1(C)CCC[C@]2(C)[C@@H](CCc3ccoc3C=O)[C@@H](COC(C)=O)CC[C@@H]21. The number of furan rings is 1. The van der Waals surface area contributed by atoms with E-state index in [0.717, 1.165) is 56.8 Å². The number of carbonyl (C=O) groups excluding carboxylic acids is 3. The quantitative estimate of drug-likeness (QED) is 0.475. The highest BCUT2D eigenvalue weighted by Gasteiger charge is 2.58. The number of aryl methyl sites for hydroxylation is 1. The van der Waals surface area contributed by atoms with Crippen LogP contribution in [-0.4, -0.2) is 31.9 Å². The Morgan fingerprint density at radius 1 is 1.27 bits per heavy atom. The molecule has 1 heterocycles. The molecule has 1 aromatic rings. The summed E-state index contributed by atoms with van der Waals surface area (Å²) in [7, 11) is 1.48. The predicted octanol–water partition coefficient (Wildman–Crippen LogP) is 4.60. The van der Waals surface area contributed by atoms with E-state index in [1.807, 2.05) is 6.07 Å². The van der Waals surface area contributed by atoms with Crippen molar-refractivity contribution in [3.63, 3.8) is 0 Å². The molecular weight excluding hydrogens is 384 g/mol. The molecule has 0 N–H and O–H groups in total. The fourth-order valence-corrected chi connectivity index (χ4v) is 6.56.